The van der Waals surface area contributed by atoms with Gasteiger partial charge in [-0.25, -0.2) is 0 Å². The van der Waals surface area contributed by atoms with Gasteiger partial charge in [0.1, 0.15) is 10.8 Å². The molecule has 0 aromatic heterocycles. The van der Waals surface area contributed by atoms with Crippen LogP contribution >= 0.6 is 0 Å². The quantitative estimate of drug-likeness (QED) is 0.182. The number of hydrogen-bond acceptors (Lipinski definition) is 5. The lowest BCUT2D eigenvalue weighted by atomic mass is 9.85. The van der Waals surface area contributed by atoms with E-state index in [0.717, 1.165) is 66.8 Å². The molecule has 6 rings (SSSR count). The Bertz CT molecular complexity index is 1970. The van der Waals surface area contributed by atoms with Gasteiger partial charge in [-0.3, -0.25) is 43.5 Å². The SMILES string of the molecule is Cc1cc(C)c(N2C(=O)C(C)(C)C(=O)N(c3c(C)cc(C)cc3C)C2OC2N(c3c(C)cc(C)cc3C)C(=O)C(C)(C)C(=O)N2c2c(C)cc(C)cc2C)c(C)c1. The largest absolute Gasteiger partial charge is 0.296 e. The van der Waals surface area contributed by atoms with Gasteiger partial charge >= 0.3 is 0 Å². The maximum absolute atomic E-state index is 15.2. The third-order valence-corrected chi connectivity index (χ3v) is 11.6. The first-order chi connectivity index (χ1) is 26.4. The minimum Gasteiger partial charge on any atom is -0.296 e. The summed E-state index contributed by atoms with van der Waals surface area (Å²) in [5.41, 5.74) is 9.99. The molecule has 300 valence electrons. The molecule has 2 heterocycles. The standard InChI is InChI=1S/C48H58N4O5/c1-25-17-29(5)37(30(6)18-25)49-41(53)47(13,14)42(54)50(38-31(7)19-26(2)20-32(38)8)45(49)57-46-51(39-33(9)21-27(3)22-34(39)10)43(55)48(15,16)44(56)52(46)40-35(11)23-28(4)24-36(40)12/h17-24,45-46H,1-16H3. The first-order valence-corrected chi connectivity index (χ1v) is 19.7. The fourth-order valence-corrected chi connectivity index (χ4v) is 9.43. The Labute approximate surface area is 338 Å². The lowest BCUT2D eigenvalue weighted by molar-refractivity contribution is -0.154. The van der Waals surface area contributed by atoms with E-state index in [1.165, 1.54) is 0 Å². The highest BCUT2D eigenvalue weighted by Gasteiger charge is 2.59. The van der Waals surface area contributed by atoms with Crippen LogP contribution in [0, 0.1) is 93.9 Å². The summed E-state index contributed by atoms with van der Waals surface area (Å²) in [5, 5.41) is 0. The van der Waals surface area contributed by atoms with Crippen LogP contribution in [0.1, 0.15) is 94.5 Å². The third kappa shape index (κ3) is 6.63. The van der Waals surface area contributed by atoms with Crippen molar-refractivity contribution in [1.82, 2.24) is 0 Å². The topological polar surface area (TPSA) is 90.5 Å². The van der Waals surface area contributed by atoms with E-state index >= 15 is 19.2 Å². The molecule has 4 aromatic rings. The van der Waals surface area contributed by atoms with E-state index in [0.29, 0.717) is 22.7 Å². The molecule has 9 heteroatoms. The molecule has 0 saturated carbocycles. The molecule has 0 N–H and O–H groups in total. The van der Waals surface area contributed by atoms with Crippen LogP contribution in [0.4, 0.5) is 22.7 Å². The Balaban J connectivity index is 1.76. The summed E-state index contributed by atoms with van der Waals surface area (Å²) < 4.78 is 7.45. The van der Waals surface area contributed by atoms with E-state index in [2.05, 4.69) is 0 Å². The molecule has 0 atom stereocenters. The van der Waals surface area contributed by atoms with Gasteiger partial charge in [0.2, 0.25) is 36.3 Å². The van der Waals surface area contributed by atoms with Crippen LogP contribution in [-0.4, -0.2) is 36.3 Å². The maximum atomic E-state index is 15.2. The average molecular weight is 771 g/mol. The number of hydrogen-bond donors (Lipinski definition) is 0. The number of carbonyl (C=O) groups is 4. The normalized spacial score (nSPS) is 17.7. The zero-order valence-corrected chi connectivity index (χ0v) is 36.6. The van der Waals surface area contributed by atoms with Crippen LogP contribution in [-0.2, 0) is 23.9 Å². The smallest absolute Gasteiger partial charge is 0.245 e. The molecule has 0 unspecified atom stereocenters. The lowest BCUT2D eigenvalue weighted by Crippen LogP contribution is -2.73. The summed E-state index contributed by atoms with van der Waals surface area (Å²) in [6, 6.07) is 16.1. The van der Waals surface area contributed by atoms with Crippen molar-refractivity contribution in [2.75, 3.05) is 19.6 Å². The molecule has 4 aromatic carbocycles. The van der Waals surface area contributed by atoms with E-state index in [9.17, 15) is 0 Å². The monoisotopic (exact) mass is 770 g/mol. The van der Waals surface area contributed by atoms with Crippen molar-refractivity contribution in [3.63, 3.8) is 0 Å². The number of benzene rings is 4. The van der Waals surface area contributed by atoms with Gasteiger partial charge in [-0.15, -0.1) is 0 Å². The Morgan fingerprint density at radius 2 is 0.509 bits per heavy atom. The molecule has 0 radical (unpaired) electrons. The number of ether oxygens (including phenoxy) is 1. The van der Waals surface area contributed by atoms with Crippen molar-refractivity contribution in [2.24, 2.45) is 10.8 Å². The van der Waals surface area contributed by atoms with E-state index < -0.39 is 47.2 Å². The summed E-state index contributed by atoms with van der Waals surface area (Å²) in [6.07, 6.45) is -2.88. The highest BCUT2D eigenvalue weighted by Crippen LogP contribution is 2.47. The van der Waals surface area contributed by atoms with Gasteiger partial charge < -0.3 is 0 Å². The van der Waals surface area contributed by atoms with Crippen molar-refractivity contribution in [3.8, 4) is 0 Å². The van der Waals surface area contributed by atoms with Crippen molar-refractivity contribution in [3.05, 3.63) is 115 Å². The van der Waals surface area contributed by atoms with E-state index in [-0.39, 0.29) is 0 Å². The summed E-state index contributed by atoms with van der Waals surface area (Å²) >= 11 is 0. The summed E-state index contributed by atoms with van der Waals surface area (Å²) in [4.78, 5) is 67.0. The van der Waals surface area contributed by atoms with E-state index in [1.807, 2.05) is 132 Å². The van der Waals surface area contributed by atoms with E-state index in [4.69, 9.17) is 4.74 Å². The first kappa shape index (κ1) is 41.4. The molecule has 57 heavy (non-hydrogen) atoms. The molecule has 2 saturated heterocycles. The zero-order valence-electron chi connectivity index (χ0n) is 36.6. The fourth-order valence-electron chi connectivity index (χ4n) is 9.43. The Morgan fingerprint density at radius 3 is 0.667 bits per heavy atom. The van der Waals surface area contributed by atoms with Crippen molar-refractivity contribution in [1.29, 1.82) is 0 Å². The first-order valence-electron chi connectivity index (χ1n) is 19.7. The average Bonchev–Trinajstić information content (AvgIpc) is 3.07. The second-order valence-corrected chi connectivity index (χ2v) is 17.7. The van der Waals surface area contributed by atoms with Gasteiger partial charge in [0, 0.05) is 0 Å². The Hall–Kier alpha value is -5.28. The molecule has 2 aliphatic rings. The van der Waals surface area contributed by atoms with Crippen LogP contribution in [0.15, 0.2) is 48.5 Å². The number of anilines is 4. The second kappa shape index (κ2) is 14.3. The van der Waals surface area contributed by atoms with Crippen LogP contribution in [0.3, 0.4) is 0 Å². The van der Waals surface area contributed by atoms with Crippen molar-refractivity contribution >= 4 is 46.4 Å². The molecule has 2 aliphatic heterocycles. The van der Waals surface area contributed by atoms with Crippen molar-refractivity contribution in [2.45, 2.75) is 123 Å². The highest BCUT2D eigenvalue weighted by molar-refractivity contribution is 6.21. The minimum absolute atomic E-state index is 0.455. The van der Waals surface area contributed by atoms with Gasteiger partial charge in [-0.2, -0.15) is 0 Å². The van der Waals surface area contributed by atoms with Crippen LogP contribution in [0.25, 0.3) is 0 Å². The second-order valence-electron chi connectivity index (χ2n) is 17.7. The summed E-state index contributed by atoms with van der Waals surface area (Å²) in [7, 11) is 0. The summed E-state index contributed by atoms with van der Waals surface area (Å²) in [6.45, 7) is 30.2. The van der Waals surface area contributed by atoms with Gasteiger partial charge in [-0.05, 0) is 155 Å². The Kier molecular flexibility index (Phi) is 10.4. The van der Waals surface area contributed by atoms with Crippen LogP contribution in [0.2, 0.25) is 0 Å². The third-order valence-electron chi connectivity index (χ3n) is 11.6. The predicted molar refractivity (Wildman–Crippen MR) is 229 cm³/mol. The van der Waals surface area contributed by atoms with Crippen LogP contribution in [0.5, 0.6) is 0 Å². The predicted octanol–water partition coefficient (Wildman–Crippen LogP) is 9.48. The lowest BCUT2D eigenvalue weighted by Gasteiger charge is -2.54. The molecule has 4 amide bonds. The van der Waals surface area contributed by atoms with Gasteiger partial charge in [-0.1, -0.05) is 70.8 Å². The molecular formula is C48H58N4O5. The number of amides is 4. The highest BCUT2D eigenvalue weighted by atomic mass is 16.6. The molecule has 2 fully saturated rings. The Morgan fingerprint density at radius 1 is 0.351 bits per heavy atom. The van der Waals surface area contributed by atoms with Crippen molar-refractivity contribution < 1.29 is 23.9 Å². The molecule has 9 nitrogen and oxygen atoms in total. The summed E-state index contributed by atoms with van der Waals surface area (Å²) in [5.74, 6) is -1.82. The van der Waals surface area contributed by atoms with E-state index in [1.54, 1.807) is 47.3 Å². The molecule has 0 aliphatic carbocycles. The number of nitrogens with zero attached hydrogens (tertiary/aromatic N) is 4. The maximum Gasteiger partial charge on any atom is 0.245 e. The fraction of sp³-hybridized carbons (Fsp3) is 0.417. The van der Waals surface area contributed by atoms with Crippen LogP contribution < -0.4 is 19.6 Å². The van der Waals surface area contributed by atoms with Gasteiger partial charge in [0.15, 0.2) is 0 Å². The number of rotatable bonds is 6. The molecule has 0 spiro atoms. The molecule has 0 bridgehead atoms. The van der Waals surface area contributed by atoms with Gasteiger partial charge in [0.05, 0.1) is 22.7 Å². The molecular weight excluding hydrogens is 713 g/mol. The number of aryl methyl sites for hydroxylation is 12. The number of carbonyl (C=O) groups excluding carboxylic acids is 4. The van der Waals surface area contributed by atoms with Gasteiger partial charge in [0.25, 0.3) is 0 Å². The zero-order chi connectivity index (χ0) is 42.4. The minimum atomic E-state index is -1.51.